The highest BCUT2D eigenvalue weighted by Crippen LogP contribution is 2.37. The maximum Gasteiger partial charge on any atom is 0.260 e. The first-order chi connectivity index (χ1) is 14.8. The zero-order valence-electron chi connectivity index (χ0n) is 16.1. The van der Waals surface area contributed by atoms with Gasteiger partial charge in [-0.05, 0) is 48.2 Å². The first kappa shape index (κ1) is 17.0. The van der Waals surface area contributed by atoms with Gasteiger partial charge in [0.2, 0.25) is 0 Å². The lowest BCUT2D eigenvalue weighted by molar-refractivity contribution is 0.0996. The van der Waals surface area contributed by atoms with Crippen LogP contribution >= 0.6 is 0 Å². The summed E-state index contributed by atoms with van der Waals surface area (Å²) in [6.45, 7) is 0.507. The predicted octanol–water partition coefficient (Wildman–Crippen LogP) is 3.90. The minimum atomic E-state index is -0.0379. The van der Waals surface area contributed by atoms with Gasteiger partial charge in [0.25, 0.3) is 5.91 Å². The zero-order chi connectivity index (χ0) is 20.1. The average Bonchev–Trinajstić information content (AvgIpc) is 3.43. The number of anilines is 1. The van der Waals surface area contributed by atoms with Crippen LogP contribution in [0.4, 0.5) is 5.82 Å². The van der Waals surface area contributed by atoms with E-state index in [1.54, 1.807) is 23.6 Å². The summed E-state index contributed by atoms with van der Waals surface area (Å²) in [6.07, 6.45) is 7.60. The molecule has 0 atom stereocenters. The number of fused-ring (bicyclic) bond motifs is 1. The van der Waals surface area contributed by atoms with E-state index in [1.165, 1.54) is 0 Å². The second-order valence-electron chi connectivity index (χ2n) is 7.68. The molecule has 0 N–H and O–H groups in total. The molecule has 7 heteroatoms. The van der Waals surface area contributed by atoms with Gasteiger partial charge in [-0.1, -0.05) is 24.3 Å². The molecule has 6 rings (SSSR count). The molecule has 1 fully saturated rings. The van der Waals surface area contributed by atoms with Crippen molar-refractivity contribution < 1.29 is 4.79 Å². The number of benzene rings is 1. The van der Waals surface area contributed by atoms with Crippen molar-refractivity contribution in [3.63, 3.8) is 0 Å². The SMILES string of the molecule is O=C1c2cc(-c3cccnc3)ccc2CN1c1cccc(-c2nncn2C2CC2)n1. The number of amides is 1. The topological polar surface area (TPSA) is 76.8 Å². The lowest BCUT2D eigenvalue weighted by Gasteiger charge is -2.15. The van der Waals surface area contributed by atoms with Gasteiger partial charge in [0, 0.05) is 29.6 Å². The summed E-state index contributed by atoms with van der Waals surface area (Å²) in [4.78, 5) is 23.9. The molecule has 4 aromatic rings. The lowest BCUT2D eigenvalue weighted by Crippen LogP contribution is -2.24. The van der Waals surface area contributed by atoms with Gasteiger partial charge in [-0.3, -0.25) is 14.7 Å². The quantitative estimate of drug-likeness (QED) is 0.525. The highest BCUT2D eigenvalue weighted by atomic mass is 16.2. The van der Waals surface area contributed by atoms with Crippen molar-refractivity contribution in [1.82, 2.24) is 24.7 Å². The predicted molar refractivity (Wildman–Crippen MR) is 112 cm³/mol. The molecule has 0 bridgehead atoms. The van der Waals surface area contributed by atoms with E-state index in [2.05, 4.69) is 19.7 Å². The van der Waals surface area contributed by atoms with Crippen LogP contribution < -0.4 is 4.90 Å². The first-order valence-electron chi connectivity index (χ1n) is 10.00. The summed E-state index contributed by atoms with van der Waals surface area (Å²) in [5.74, 6) is 1.34. The largest absolute Gasteiger partial charge is 0.309 e. The molecule has 7 nitrogen and oxygen atoms in total. The number of hydrogen-bond donors (Lipinski definition) is 0. The molecule has 146 valence electrons. The van der Waals surface area contributed by atoms with Crippen LogP contribution in [-0.4, -0.2) is 30.6 Å². The Morgan fingerprint density at radius 3 is 2.77 bits per heavy atom. The molecular formula is C23H18N6O. The van der Waals surface area contributed by atoms with Gasteiger partial charge in [0.05, 0.1) is 6.54 Å². The Bertz CT molecular complexity index is 1260. The fraction of sp³-hybridized carbons (Fsp3) is 0.174. The zero-order valence-corrected chi connectivity index (χ0v) is 16.1. The van der Waals surface area contributed by atoms with Crippen LogP contribution in [0.2, 0.25) is 0 Å². The highest BCUT2D eigenvalue weighted by molar-refractivity contribution is 6.10. The Balaban J connectivity index is 1.34. The van der Waals surface area contributed by atoms with Gasteiger partial charge >= 0.3 is 0 Å². The smallest absolute Gasteiger partial charge is 0.260 e. The van der Waals surface area contributed by atoms with E-state index in [-0.39, 0.29) is 5.91 Å². The molecule has 4 heterocycles. The summed E-state index contributed by atoms with van der Waals surface area (Å²) in [6, 6.07) is 16.1. The van der Waals surface area contributed by atoms with E-state index in [0.29, 0.717) is 24.0 Å². The van der Waals surface area contributed by atoms with Gasteiger partial charge in [-0.25, -0.2) is 4.98 Å². The maximum atomic E-state index is 13.2. The van der Waals surface area contributed by atoms with Crippen molar-refractivity contribution in [2.24, 2.45) is 0 Å². The summed E-state index contributed by atoms with van der Waals surface area (Å²) in [5, 5.41) is 8.32. The second kappa shape index (κ2) is 6.59. The van der Waals surface area contributed by atoms with E-state index in [4.69, 9.17) is 4.98 Å². The summed E-state index contributed by atoms with van der Waals surface area (Å²) >= 11 is 0. The van der Waals surface area contributed by atoms with Crippen LogP contribution in [0.25, 0.3) is 22.6 Å². The third-order valence-corrected chi connectivity index (χ3v) is 5.66. The number of aromatic nitrogens is 5. The fourth-order valence-electron chi connectivity index (χ4n) is 3.94. The van der Waals surface area contributed by atoms with Crippen LogP contribution in [0.3, 0.4) is 0 Å². The molecule has 2 aliphatic rings. The Hall–Kier alpha value is -3.87. The number of rotatable bonds is 4. The monoisotopic (exact) mass is 394 g/mol. The van der Waals surface area contributed by atoms with Crippen LogP contribution in [0, 0.1) is 0 Å². The third-order valence-electron chi connectivity index (χ3n) is 5.66. The molecule has 1 saturated carbocycles. The minimum Gasteiger partial charge on any atom is -0.309 e. The molecule has 0 spiro atoms. The van der Waals surface area contributed by atoms with Gasteiger partial charge < -0.3 is 4.57 Å². The molecule has 1 aliphatic heterocycles. The molecule has 1 amide bonds. The van der Waals surface area contributed by atoms with Crippen molar-refractivity contribution in [1.29, 1.82) is 0 Å². The minimum absolute atomic E-state index is 0.0379. The number of pyridine rings is 2. The van der Waals surface area contributed by atoms with Crippen molar-refractivity contribution in [3.05, 3.63) is 78.4 Å². The Labute approximate surface area is 173 Å². The molecule has 1 aliphatic carbocycles. The van der Waals surface area contributed by atoms with Crippen molar-refractivity contribution in [2.75, 3.05) is 4.90 Å². The number of hydrogen-bond acceptors (Lipinski definition) is 5. The fourth-order valence-corrected chi connectivity index (χ4v) is 3.94. The van der Waals surface area contributed by atoms with Crippen molar-refractivity contribution >= 4 is 11.7 Å². The Kier molecular flexibility index (Phi) is 3.74. The van der Waals surface area contributed by atoms with Crippen LogP contribution in [-0.2, 0) is 6.54 Å². The van der Waals surface area contributed by atoms with Gasteiger partial charge in [-0.15, -0.1) is 10.2 Å². The number of carbonyl (C=O) groups excluding carboxylic acids is 1. The molecule has 0 radical (unpaired) electrons. The van der Waals surface area contributed by atoms with E-state index in [9.17, 15) is 4.79 Å². The number of nitrogens with zero attached hydrogens (tertiary/aromatic N) is 6. The van der Waals surface area contributed by atoms with Crippen LogP contribution in [0.5, 0.6) is 0 Å². The molecule has 0 saturated heterocycles. The van der Waals surface area contributed by atoms with E-state index < -0.39 is 0 Å². The van der Waals surface area contributed by atoms with E-state index >= 15 is 0 Å². The van der Waals surface area contributed by atoms with Crippen LogP contribution in [0.1, 0.15) is 34.8 Å². The van der Waals surface area contributed by atoms with Gasteiger partial charge in [0.1, 0.15) is 17.8 Å². The normalized spacial score (nSPS) is 15.5. The summed E-state index contributed by atoms with van der Waals surface area (Å²) < 4.78 is 2.08. The maximum absolute atomic E-state index is 13.2. The third kappa shape index (κ3) is 2.78. The Morgan fingerprint density at radius 1 is 1.00 bits per heavy atom. The lowest BCUT2D eigenvalue weighted by atomic mass is 10.0. The molecule has 30 heavy (non-hydrogen) atoms. The molecule has 0 unspecified atom stereocenters. The first-order valence-corrected chi connectivity index (χ1v) is 10.00. The summed E-state index contributed by atoms with van der Waals surface area (Å²) in [7, 11) is 0. The molecule has 3 aromatic heterocycles. The standard InChI is InChI=1S/C23H18N6O/c30-23-19-11-15(16-3-2-10-24-12-16)6-7-17(19)13-28(23)21-5-1-4-20(26-21)22-27-25-14-29(22)18-8-9-18/h1-7,10-12,14,18H,8-9,13H2. The highest BCUT2D eigenvalue weighted by Gasteiger charge is 2.31. The number of carbonyl (C=O) groups is 1. The van der Waals surface area contributed by atoms with Gasteiger partial charge in [0.15, 0.2) is 5.82 Å². The van der Waals surface area contributed by atoms with E-state index in [1.807, 2.05) is 48.5 Å². The van der Waals surface area contributed by atoms with Crippen LogP contribution in [0.15, 0.2) is 67.3 Å². The van der Waals surface area contributed by atoms with Crippen molar-refractivity contribution in [2.45, 2.75) is 25.4 Å². The molecular weight excluding hydrogens is 376 g/mol. The Morgan fingerprint density at radius 2 is 1.93 bits per heavy atom. The van der Waals surface area contributed by atoms with E-state index in [0.717, 1.165) is 41.1 Å². The second-order valence-corrected chi connectivity index (χ2v) is 7.68. The molecule has 1 aromatic carbocycles. The van der Waals surface area contributed by atoms with Crippen molar-refractivity contribution in [3.8, 4) is 22.6 Å². The van der Waals surface area contributed by atoms with Gasteiger partial charge in [-0.2, -0.15) is 0 Å². The summed E-state index contributed by atoms with van der Waals surface area (Å²) in [5.41, 5.74) is 4.42. The average molecular weight is 394 g/mol.